The Kier molecular flexibility index (Phi) is 2.06. The Bertz CT molecular complexity index is 175. The monoisotopic (exact) mass is 142 g/mol. The van der Waals surface area contributed by atoms with Crippen molar-refractivity contribution in [2.45, 2.75) is 6.23 Å². The molecule has 0 radical (unpaired) electrons. The van der Waals surface area contributed by atoms with E-state index >= 15 is 0 Å². The number of hydrogen-bond donors (Lipinski definition) is 3. The van der Waals surface area contributed by atoms with Crippen LogP contribution >= 0.6 is 0 Å². The van der Waals surface area contributed by atoms with Gasteiger partial charge < -0.3 is 10.8 Å². The van der Waals surface area contributed by atoms with Crippen LogP contribution in [-0.4, -0.2) is 28.1 Å². The van der Waals surface area contributed by atoms with Gasteiger partial charge in [0.15, 0.2) is 0 Å². The molecule has 0 spiro atoms. The van der Waals surface area contributed by atoms with Crippen LogP contribution in [0.3, 0.4) is 0 Å². The molecule has 1 unspecified atom stereocenters. The molecule has 1 aliphatic heterocycles. The minimum Gasteiger partial charge on any atom is -0.375 e. The summed E-state index contributed by atoms with van der Waals surface area (Å²) in [5.41, 5.74) is 5.78. The van der Waals surface area contributed by atoms with Crippen LogP contribution in [0.2, 0.25) is 0 Å². The molecule has 0 saturated heterocycles. The van der Waals surface area contributed by atoms with Crippen LogP contribution in [-0.2, 0) is 0 Å². The van der Waals surface area contributed by atoms with Gasteiger partial charge in [-0.1, -0.05) is 6.08 Å². The normalized spacial score (nSPS) is 20.7. The lowest BCUT2D eigenvalue weighted by atomic mass is 10.2. The molecule has 4 nitrogen and oxygen atoms in total. The summed E-state index contributed by atoms with van der Waals surface area (Å²) in [5, 5.41) is 18.6. The zero-order chi connectivity index (χ0) is 7.56. The fourth-order valence-corrected chi connectivity index (χ4v) is 0.719. The number of hydroxylamine groups is 2. The molecule has 1 heterocycles. The first-order valence-corrected chi connectivity index (χ1v) is 2.97. The van der Waals surface area contributed by atoms with Gasteiger partial charge in [0.05, 0.1) is 6.54 Å². The van der Waals surface area contributed by atoms with E-state index in [9.17, 15) is 0 Å². The summed E-state index contributed by atoms with van der Waals surface area (Å²) >= 11 is 0. The van der Waals surface area contributed by atoms with Crippen molar-refractivity contribution >= 4 is 0 Å². The largest absolute Gasteiger partial charge is 0.375 e. The maximum atomic E-state index is 8.82. The van der Waals surface area contributed by atoms with Crippen LogP contribution in [0.25, 0.3) is 0 Å². The fourth-order valence-electron chi connectivity index (χ4n) is 0.719. The topological polar surface area (TPSA) is 69.7 Å². The number of nitrogens with zero attached hydrogens (tertiary/aromatic N) is 1. The number of nitrogens with two attached hydrogens (primary N) is 1. The van der Waals surface area contributed by atoms with Crippen molar-refractivity contribution in [2.24, 2.45) is 5.73 Å². The second kappa shape index (κ2) is 2.83. The molecule has 56 valence electrons. The van der Waals surface area contributed by atoms with E-state index in [1.807, 2.05) is 0 Å². The van der Waals surface area contributed by atoms with Crippen molar-refractivity contribution in [1.82, 2.24) is 5.06 Å². The molecule has 10 heavy (non-hydrogen) atoms. The average molecular weight is 142 g/mol. The highest BCUT2D eigenvalue weighted by atomic mass is 16.5. The Balaban J connectivity index is 2.59. The summed E-state index contributed by atoms with van der Waals surface area (Å²) in [6.07, 6.45) is 3.73. The molecule has 0 fully saturated rings. The van der Waals surface area contributed by atoms with E-state index in [0.29, 0.717) is 12.1 Å². The number of aliphatic hydroxyl groups excluding tert-OH is 1. The summed E-state index contributed by atoms with van der Waals surface area (Å²) < 4.78 is 0. The zero-order valence-electron chi connectivity index (χ0n) is 5.44. The third-order valence-electron chi connectivity index (χ3n) is 1.29. The molecule has 0 saturated carbocycles. The predicted octanol–water partition coefficient (Wildman–Crippen LogP) is -0.592. The second-order valence-corrected chi connectivity index (χ2v) is 2.09. The van der Waals surface area contributed by atoms with Crippen LogP contribution in [0.1, 0.15) is 0 Å². The molecule has 0 bridgehead atoms. The highest BCUT2D eigenvalue weighted by molar-refractivity contribution is 5.24. The standard InChI is InChI=1S/C6H10N2O2/c7-6(9)5-1-3-8(10)4-2-5/h1-3,6,9-10H,4,7H2. The zero-order valence-corrected chi connectivity index (χ0v) is 5.44. The first-order valence-electron chi connectivity index (χ1n) is 2.97. The van der Waals surface area contributed by atoms with Crippen molar-refractivity contribution < 1.29 is 10.3 Å². The Hall–Kier alpha value is -0.840. The third-order valence-corrected chi connectivity index (χ3v) is 1.29. The van der Waals surface area contributed by atoms with E-state index in [1.165, 1.54) is 6.20 Å². The molecule has 0 aliphatic carbocycles. The van der Waals surface area contributed by atoms with Gasteiger partial charge in [0.25, 0.3) is 0 Å². The molecule has 1 aliphatic rings. The minimum absolute atomic E-state index is 0.375. The Labute approximate surface area is 58.8 Å². The third kappa shape index (κ3) is 1.57. The molecule has 1 atom stereocenters. The lowest BCUT2D eigenvalue weighted by Crippen LogP contribution is -2.25. The van der Waals surface area contributed by atoms with Gasteiger partial charge in [0.1, 0.15) is 6.23 Å². The minimum atomic E-state index is -0.940. The van der Waals surface area contributed by atoms with E-state index in [1.54, 1.807) is 12.2 Å². The molecule has 1 rings (SSSR count). The van der Waals surface area contributed by atoms with E-state index < -0.39 is 6.23 Å². The summed E-state index contributed by atoms with van der Waals surface area (Å²) in [7, 11) is 0. The van der Waals surface area contributed by atoms with Crippen molar-refractivity contribution in [3.8, 4) is 0 Å². The van der Waals surface area contributed by atoms with E-state index in [-0.39, 0.29) is 0 Å². The van der Waals surface area contributed by atoms with Gasteiger partial charge in [-0.15, -0.1) is 0 Å². The number of aliphatic hydroxyl groups is 1. The molecule has 0 amide bonds. The van der Waals surface area contributed by atoms with Crippen LogP contribution in [0.15, 0.2) is 23.9 Å². The van der Waals surface area contributed by atoms with Crippen molar-refractivity contribution in [2.75, 3.05) is 6.54 Å². The maximum absolute atomic E-state index is 8.82. The highest BCUT2D eigenvalue weighted by Crippen LogP contribution is 2.05. The van der Waals surface area contributed by atoms with Gasteiger partial charge in [0.2, 0.25) is 0 Å². The summed E-state index contributed by atoms with van der Waals surface area (Å²) in [5.74, 6) is 0. The van der Waals surface area contributed by atoms with Gasteiger partial charge in [0, 0.05) is 6.20 Å². The number of hydrogen-bond acceptors (Lipinski definition) is 4. The summed E-state index contributed by atoms with van der Waals surface area (Å²) in [6, 6.07) is 0. The number of rotatable bonds is 1. The molecular formula is C6H10N2O2. The van der Waals surface area contributed by atoms with E-state index in [2.05, 4.69) is 0 Å². The van der Waals surface area contributed by atoms with Crippen LogP contribution in [0.4, 0.5) is 0 Å². The first-order chi connectivity index (χ1) is 4.70. The van der Waals surface area contributed by atoms with E-state index in [4.69, 9.17) is 16.0 Å². The van der Waals surface area contributed by atoms with E-state index in [0.717, 1.165) is 5.06 Å². The Morgan fingerprint density at radius 3 is 2.80 bits per heavy atom. The lowest BCUT2D eigenvalue weighted by Gasteiger charge is -2.16. The van der Waals surface area contributed by atoms with Gasteiger partial charge in [-0.05, 0) is 11.6 Å². The molecule has 4 heteroatoms. The summed E-state index contributed by atoms with van der Waals surface area (Å²) in [6.45, 7) is 0.375. The van der Waals surface area contributed by atoms with Gasteiger partial charge in [-0.3, -0.25) is 10.3 Å². The van der Waals surface area contributed by atoms with Crippen LogP contribution in [0.5, 0.6) is 0 Å². The van der Waals surface area contributed by atoms with Crippen molar-refractivity contribution in [3.63, 3.8) is 0 Å². The first kappa shape index (κ1) is 7.27. The predicted molar refractivity (Wildman–Crippen MR) is 35.9 cm³/mol. The molecule has 0 aromatic carbocycles. The summed E-state index contributed by atoms with van der Waals surface area (Å²) in [4.78, 5) is 0. The van der Waals surface area contributed by atoms with Crippen molar-refractivity contribution in [1.29, 1.82) is 0 Å². The smallest absolute Gasteiger partial charge is 0.128 e. The molecule has 0 aromatic heterocycles. The van der Waals surface area contributed by atoms with Gasteiger partial charge in [-0.25, -0.2) is 0 Å². The second-order valence-electron chi connectivity index (χ2n) is 2.09. The molecule has 4 N–H and O–H groups in total. The molecule has 0 aromatic rings. The fraction of sp³-hybridized carbons (Fsp3) is 0.333. The van der Waals surface area contributed by atoms with Gasteiger partial charge in [-0.2, -0.15) is 0 Å². The van der Waals surface area contributed by atoms with Crippen molar-refractivity contribution in [3.05, 3.63) is 23.9 Å². The van der Waals surface area contributed by atoms with Crippen LogP contribution in [0, 0.1) is 0 Å². The molecular weight excluding hydrogens is 132 g/mol. The average Bonchev–Trinajstić information content (AvgIpc) is 1.88. The van der Waals surface area contributed by atoms with Crippen LogP contribution < -0.4 is 5.73 Å². The lowest BCUT2D eigenvalue weighted by molar-refractivity contribution is -0.0311. The Morgan fingerprint density at radius 1 is 1.70 bits per heavy atom. The Morgan fingerprint density at radius 2 is 2.40 bits per heavy atom. The quantitative estimate of drug-likeness (QED) is 0.428. The highest BCUT2D eigenvalue weighted by Gasteiger charge is 2.05. The van der Waals surface area contributed by atoms with Gasteiger partial charge >= 0.3 is 0 Å². The SMILES string of the molecule is NC(O)C1=CCN(O)C=C1. The maximum Gasteiger partial charge on any atom is 0.128 e.